The first kappa shape index (κ1) is 19.1. The minimum Gasteiger partial charge on any atom is -0.446 e. The standard InChI is InChI=1S/C20H18O6/c1-13(21)17(25-19(23)15-9-5-3-6-10-15)18(14(2)22)26-20(24)16-11-7-4-8-12-16/h3-12,17-18H,1-2H3/t17-,18+. The molecule has 0 aliphatic carbocycles. The molecule has 0 aliphatic heterocycles. The van der Waals surface area contributed by atoms with Crippen molar-refractivity contribution in [3.8, 4) is 0 Å². The molecular formula is C20H18O6. The summed E-state index contributed by atoms with van der Waals surface area (Å²) in [5, 5.41) is 0. The Balaban J connectivity index is 2.20. The number of benzene rings is 2. The average molecular weight is 354 g/mol. The van der Waals surface area contributed by atoms with Crippen LogP contribution in [0.25, 0.3) is 0 Å². The fourth-order valence-corrected chi connectivity index (χ4v) is 2.23. The third-order valence-corrected chi connectivity index (χ3v) is 3.56. The molecule has 0 heterocycles. The third kappa shape index (κ3) is 4.86. The number of hydrogen-bond donors (Lipinski definition) is 0. The van der Waals surface area contributed by atoms with Crippen LogP contribution in [0.4, 0.5) is 0 Å². The Bertz CT molecular complexity index is 728. The SMILES string of the molecule is CC(=O)[C@@H](OC(=O)c1ccccc1)[C@@H](OC(=O)c1ccccc1)C(C)=O. The summed E-state index contributed by atoms with van der Waals surface area (Å²) in [4.78, 5) is 48.3. The van der Waals surface area contributed by atoms with Crippen molar-refractivity contribution in [2.75, 3.05) is 0 Å². The molecule has 26 heavy (non-hydrogen) atoms. The Morgan fingerprint density at radius 2 is 0.923 bits per heavy atom. The largest absolute Gasteiger partial charge is 0.446 e. The first-order valence-corrected chi connectivity index (χ1v) is 7.93. The summed E-state index contributed by atoms with van der Waals surface area (Å²) < 4.78 is 10.3. The number of carbonyl (C=O) groups is 4. The highest BCUT2D eigenvalue weighted by Gasteiger charge is 2.36. The van der Waals surface area contributed by atoms with Crippen LogP contribution in [0.5, 0.6) is 0 Å². The molecule has 0 aliphatic rings. The van der Waals surface area contributed by atoms with Crippen LogP contribution in [0.3, 0.4) is 0 Å². The minimum absolute atomic E-state index is 0.218. The minimum atomic E-state index is -1.52. The second-order valence-corrected chi connectivity index (χ2v) is 5.61. The normalized spacial score (nSPS) is 12.5. The first-order valence-electron chi connectivity index (χ1n) is 7.93. The molecule has 0 aromatic heterocycles. The van der Waals surface area contributed by atoms with Crippen molar-refractivity contribution < 1.29 is 28.7 Å². The van der Waals surface area contributed by atoms with Crippen LogP contribution in [-0.4, -0.2) is 35.7 Å². The molecule has 2 aromatic rings. The molecule has 0 radical (unpaired) electrons. The van der Waals surface area contributed by atoms with Gasteiger partial charge in [-0.1, -0.05) is 36.4 Å². The van der Waals surface area contributed by atoms with Gasteiger partial charge in [0.25, 0.3) is 0 Å². The second-order valence-electron chi connectivity index (χ2n) is 5.61. The van der Waals surface area contributed by atoms with Gasteiger partial charge in [0.05, 0.1) is 11.1 Å². The maximum atomic E-state index is 12.2. The molecule has 6 nitrogen and oxygen atoms in total. The van der Waals surface area contributed by atoms with Crippen molar-refractivity contribution in [3.05, 3.63) is 71.8 Å². The van der Waals surface area contributed by atoms with Crippen molar-refractivity contribution in [1.82, 2.24) is 0 Å². The molecule has 0 amide bonds. The maximum Gasteiger partial charge on any atom is 0.338 e. The maximum absolute atomic E-state index is 12.2. The molecule has 0 N–H and O–H groups in total. The topological polar surface area (TPSA) is 86.7 Å². The van der Waals surface area contributed by atoms with E-state index in [1.165, 1.54) is 24.3 Å². The Labute approximate surface area is 150 Å². The monoisotopic (exact) mass is 354 g/mol. The molecule has 2 rings (SSSR count). The highest BCUT2D eigenvalue weighted by molar-refractivity contribution is 5.98. The van der Waals surface area contributed by atoms with E-state index in [4.69, 9.17) is 9.47 Å². The zero-order valence-corrected chi connectivity index (χ0v) is 14.4. The van der Waals surface area contributed by atoms with Gasteiger partial charge < -0.3 is 9.47 Å². The number of ether oxygens (including phenoxy) is 2. The van der Waals surface area contributed by atoms with Gasteiger partial charge in [-0.2, -0.15) is 0 Å². The quantitative estimate of drug-likeness (QED) is 0.711. The van der Waals surface area contributed by atoms with Crippen LogP contribution in [-0.2, 0) is 19.1 Å². The number of hydrogen-bond acceptors (Lipinski definition) is 6. The molecule has 0 saturated carbocycles. The number of esters is 2. The van der Waals surface area contributed by atoms with Gasteiger partial charge in [0.15, 0.2) is 11.6 Å². The number of carbonyl (C=O) groups excluding carboxylic acids is 4. The summed E-state index contributed by atoms with van der Waals surface area (Å²) >= 11 is 0. The van der Waals surface area contributed by atoms with Crippen LogP contribution in [0, 0.1) is 0 Å². The Kier molecular flexibility index (Phi) is 6.38. The predicted octanol–water partition coefficient (Wildman–Crippen LogP) is 2.62. The van der Waals surface area contributed by atoms with Gasteiger partial charge in [-0.25, -0.2) is 9.59 Å². The van der Waals surface area contributed by atoms with Crippen LogP contribution in [0.15, 0.2) is 60.7 Å². The molecule has 0 unspecified atom stereocenters. The molecule has 6 heteroatoms. The van der Waals surface area contributed by atoms with E-state index in [9.17, 15) is 19.2 Å². The van der Waals surface area contributed by atoms with Crippen molar-refractivity contribution in [1.29, 1.82) is 0 Å². The number of ketones is 2. The summed E-state index contributed by atoms with van der Waals surface area (Å²) in [5.74, 6) is -2.77. The van der Waals surface area contributed by atoms with Gasteiger partial charge in [0.1, 0.15) is 0 Å². The van der Waals surface area contributed by atoms with Crippen molar-refractivity contribution in [2.45, 2.75) is 26.1 Å². The summed E-state index contributed by atoms with van der Waals surface area (Å²) in [6.45, 7) is 2.32. The lowest BCUT2D eigenvalue weighted by Gasteiger charge is -2.23. The van der Waals surface area contributed by atoms with Gasteiger partial charge >= 0.3 is 11.9 Å². The van der Waals surface area contributed by atoms with E-state index < -0.39 is 35.7 Å². The predicted molar refractivity (Wildman–Crippen MR) is 92.7 cm³/mol. The molecular weight excluding hydrogens is 336 g/mol. The van der Waals surface area contributed by atoms with Crippen molar-refractivity contribution >= 4 is 23.5 Å². The number of Topliss-reactive ketones (excluding diaryl/α,β-unsaturated/α-hetero) is 2. The van der Waals surface area contributed by atoms with E-state index in [-0.39, 0.29) is 11.1 Å². The van der Waals surface area contributed by atoms with E-state index in [0.717, 1.165) is 13.8 Å². The molecule has 0 spiro atoms. The zero-order valence-electron chi connectivity index (χ0n) is 14.4. The van der Waals surface area contributed by atoms with Gasteiger partial charge in [-0.3, -0.25) is 9.59 Å². The fourth-order valence-electron chi connectivity index (χ4n) is 2.23. The molecule has 0 fully saturated rings. The fraction of sp³-hybridized carbons (Fsp3) is 0.200. The van der Waals surface area contributed by atoms with E-state index >= 15 is 0 Å². The lowest BCUT2D eigenvalue weighted by Crippen LogP contribution is -2.44. The highest BCUT2D eigenvalue weighted by atomic mass is 16.6. The summed E-state index contributed by atoms with van der Waals surface area (Å²) in [6.07, 6.45) is -3.04. The number of rotatable bonds is 7. The Hall–Kier alpha value is -3.28. The van der Waals surface area contributed by atoms with Crippen molar-refractivity contribution in [2.24, 2.45) is 0 Å². The highest BCUT2D eigenvalue weighted by Crippen LogP contribution is 2.14. The van der Waals surface area contributed by atoms with E-state index in [0.29, 0.717) is 0 Å². The van der Waals surface area contributed by atoms with E-state index in [2.05, 4.69) is 0 Å². The third-order valence-electron chi connectivity index (χ3n) is 3.56. The summed E-state index contributed by atoms with van der Waals surface area (Å²) in [5.41, 5.74) is 0.436. The van der Waals surface area contributed by atoms with Gasteiger partial charge in [0, 0.05) is 0 Å². The molecule has 0 bridgehead atoms. The second kappa shape index (κ2) is 8.71. The molecule has 2 atom stereocenters. The summed E-state index contributed by atoms with van der Waals surface area (Å²) in [7, 11) is 0. The molecule has 0 saturated heterocycles. The van der Waals surface area contributed by atoms with E-state index in [1.54, 1.807) is 36.4 Å². The van der Waals surface area contributed by atoms with Crippen LogP contribution in [0.2, 0.25) is 0 Å². The van der Waals surface area contributed by atoms with Crippen LogP contribution < -0.4 is 0 Å². The molecule has 134 valence electrons. The smallest absolute Gasteiger partial charge is 0.338 e. The Morgan fingerprint density at radius 3 is 1.19 bits per heavy atom. The Morgan fingerprint density at radius 1 is 0.615 bits per heavy atom. The lowest BCUT2D eigenvalue weighted by molar-refractivity contribution is -0.142. The lowest BCUT2D eigenvalue weighted by atomic mass is 10.1. The van der Waals surface area contributed by atoms with Gasteiger partial charge in [0.2, 0.25) is 12.2 Å². The van der Waals surface area contributed by atoms with Crippen LogP contribution in [0.1, 0.15) is 34.6 Å². The first-order chi connectivity index (χ1) is 12.4. The van der Waals surface area contributed by atoms with Crippen molar-refractivity contribution in [3.63, 3.8) is 0 Å². The van der Waals surface area contributed by atoms with E-state index in [1.807, 2.05) is 0 Å². The molecule has 2 aromatic carbocycles. The van der Waals surface area contributed by atoms with Gasteiger partial charge in [-0.05, 0) is 38.1 Å². The average Bonchev–Trinajstić information content (AvgIpc) is 2.65. The van der Waals surface area contributed by atoms with Gasteiger partial charge in [-0.15, -0.1) is 0 Å². The summed E-state index contributed by atoms with van der Waals surface area (Å²) in [6, 6.07) is 16.0. The zero-order chi connectivity index (χ0) is 19.1. The van der Waals surface area contributed by atoms with Crippen LogP contribution >= 0.6 is 0 Å².